The van der Waals surface area contributed by atoms with Gasteiger partial charge in [0.1, 0.15) is 18.3 Å². The maximum absolute atomic E-state index is 14.1. The monoisotopic (exact) mass is 675 g/mol. The lowest BCUT2D eigenvalue weighted by molar-refractivity contribution is -0.139. The second-order valence-corrected chi connectivity index (χ2v) is 13.4. The van der Waals surface area contributed by atoms with Gasteiger partial charge in [-0.05, 0) is 86.8 Å². The van der Waals surface area contributed by atoms with Crippen molar-refractivity contribution in [1.82, 2.24) is 10.2 Å². The molecule has 0 aromatic heterocycles. The zero-order valence-corrected chi connectivity index (χ0v) is 26.8. The molecular formula is C31H35BrClN3O5S. The molecule has 0 heterocycles. The fourth-order valence-corrected chi connectivity index (χ4v) is 6.80. The summed E-state index contributed by atoms with van der Waals surface area (Å²) in [7, 11) is -4.17. The van der Waals surface area contributed by atoms with Gasteiger partial charge >= 0.3 is 0 Å². The van der Waals surface area contributed by atoms with Gasteiger partial charge in [-0.25, -0.2) is 8.42 Å². The molecular weight excluding hydrogens is 642 g/mol. The fraction of sp³-hybridized carbons (Fsp3) is 0.355. The fourth-order valence-electron chi connectivity index (χ4n) is 4.92. The molecule has 4 rings (SSSR count). The van der Waals surface area contributed by atoms with Gasteiger partial charge in [0.15, 0.2) is 0 Å². The number of amides is 2. The molecule has 1 aliphatic rings. The van der Waals surface area contributed by atoms with Crippen LogP contribution in [0.5, 0.6) is 5.75 Å². The molecule has 0 bridgehead atoms. The molecule has 3 aromatic rings. The Bertz CT molecular complexity index is 1480. The average Bonchev–Trinajstić information content (AvgIpc) is 3.49. The summed E-state index contributed by atoms with van der Waals surface area (Å²) in [5.41, 5.74) is 0.937. The smallest absolute Gasteiger partial charge is 0.264 e. The number of halogens is 2. The molecule has 0 aliphatic heterocycles. The van der Waals surface area contributed by atoms with Gasteiger partial charge in [-0.15, -0.1) is 0 Å². The highest BCUT2D eigenvalue weighted by molar-refractivity contribution is 9.10. The molecule has 3 aromatic carbocycles. The van der Waals surface area contributed by atoms with Crippen LogP contribution in [0.15, 0.2) is 82.2 Å². The number of anilines is 1. The van der Waals surface area contributed by atoms with Crippen LogP contribution in [0.3, 0.4) is 0 Å². The van der Waals surface area contributed by atoms with Gasteiger partial charge in [-0.2, -0.15) is 0 Å². The first kappa shape index (κ1) is 31.8. The van der Waals surface area contributed by atoms with Crippen LogP contribution in [-0.4, -0.2) is 50.4 Å². The summed E-state index contributed by atoms with van der Waals surface area (Å²) in [6.45, 7) is 3.47. The Morgan fingerprint density at radius 3 is 2.29 bits per heavy atom. The first-order chi connectivity index (χ1) is 20.1. The second-order valence-electron chi connectivity index (χ2n) is 10.2. The van der Waals surface area contributed by atoms with Crippen LogP contribution >= 0.6 is 27.5 Å². The average molecular weight is 677 g/mol. The van der Waals surface area contributed by atoms with E-state index in [1.165, 1.54) is 17.0 Å². The first-order valence-electron chi connectivity index (χ1n) is 13.9. The van der Waals surface area contributed by atoms with Crippen LogP contribution in [0.25, 0.3) is 0 Å². The van der Waals surface area contributed by atoms with Gasteiger partial charge in [-0.3, -0.25) is 13.9 Å². The number of rotatable bonds is 12. The number of benzene rings is 3. The second kappa shape index (κ2) is 14.4. The summed E-state index contributed by atoms with van der Waals surface area (Å²) < 4.78 is 35.2. The molecule has 1 N–H and O–H groups in total. The third-order valence-corrected chi connectivity index (χ3v) is 9.97. The van der Waals surface area contributed by atoms with E-state index in [1.807, 2.05) is 6.92 Å². The van der Waals surface area contributed by atoms with Crippen LogP contribution in [0.4, 0.5) is 5.69 Å². The molecule has 11 heteroatoms. The van der Waals surface area contributed by atoms with Gasteiger partial charge in [0, 0.05) is 22.1 Å². The van der Waals surface area contributed by atoms with Crippen molar-refractivity contribution in [2.45, 2.75) is 63.1 Å². The zero-order chi connectivity index (χ0) is 30.3. The van der Waals surface area contributed by atoms with Crippen molar-refractivity contribution in [3.63, 3.8) is 0 Å². The molecule has 1 saturated carbocycles. The van der Waals surface area contributed by atoms with Gasteiger partial charge in [0.25, 0.3) is 10.0 Å². The Balaban J connectivity index is 1.69. The molecule has 1 fully saturated rings. The highest BCUT2D eigenvalue weighted by Crippen LogP contribution is 2.28. The number of carbonyl (C=O) groups is 2. The summed E-state index contributed by atoms with van der Waals surface area (Å²) >= 11 is 9.78. The Kier molecular flexibility index (Phi) is 10.9. The van der Waals surface area contributed by atoms with Crippen LogP contribution in [0, 0.1) is 0 Å². The summed E-state index contributed by atoms with van der Waals surface area (Å²) in [4.78, 5) is 28.8. The molecule has 42 heavy (non-hydrogen) atoms. The van der Waals surface area contributed by atoms with Gasteiger partial charge in [0.2, 0.25) is 11.8 Å². The van der Waals surface area contributed by atoms with Crippen LogP contribution < -0.4 is 14.4 Å². The summed E-state index contributed by atoms with van der Waals surface area (Å²) in [6, 6.07) is 19.0. The van der Waals surface area contributed by atoms with Gasteiger partial charge < -0.3 is 15.0 Å². The van der Waals surface area contributed by atoms with Crippen LogP contribution in [-0.2, 0) is 26.2 Å². The molecule has 0 saturated heterocycles. The van der Waals surface area contributed by atoms with Crippen molar-refractivity contribution in [1.29, 1.82) is 0 Å². The normalized spacial score (nSPS) is 14.3. The number of nitrogens with one attached hydrogen (secondary N) is 1. The number of hydrogen-bond acceptors (Lipinski definition) is 5. The summed E-state index contributed by atoms with van der Waals surface area (Å²) in [5.74, 6) is -0.254. The zero-order valence-electron chi connectivity index (χ0n) is 23.6. The SMILES string of the molecule is CCOc1ccc(N(CC(=O)N(Cc2ccccc2Cl)C(C)C(=O)NC2CCCC2)S(=O)(=O)c2ccc(Br)cc2)cc1. The van der Waals surface area contributed by atoms with Crippen LogP contribution in [0.2, 0.25) is 5.02 Å². The molecule has 2 amide bonds. The summed E-state index contributed by atoms with van der Waals surface area (Å²) in [5, 5.41) is 3.51. The third-order valence-electron chi connectivity index (χ3n) is 7.28. The van der Waals surface area contributed by atoms with Crippen molar-refractivity contribution in [3.05, 3.63) is 87.9 Å². The molecule has 0 radical (unpaired) electrons. The number of nitrogens with zero attached hydrogens (tertiary/aromatic N) is 2. The predicted molar refractivity (Wildman–Crippen MR) is 168 cm³/mol. The quantitative estimate of drug-likeness (QED) is 0.248. The third kappa shape index (κ3) is 7.85. The van der Waals surface area contributed by atoms with Crippen molar-refractivity contribution in [3.8, 4) is 5.75 Å². The van der Waals surface area contributed by atoms with Crippen LogP contribution in [0.1, 0.15) is 45.1 Å². The van der Waals surface area contributed by atoms with Gasteiger partial charge in [-0.1, -0.05) is 58.6 Å². The van der Waals surface area contributed by atoms with Crippen molar-refractivity contribution < 1.29 is 22.7 Å². The minimum absolute atomic E-state index is 0.0251. The van der Waals surface area contributed by atoms with E-state index in [4.69, 9.17) is 16.3 Å². The Labute approximate surface area is 261 Å². The molecule has 224 valence electrons. The Morgan fingerprint density at radius 2 is 1.67 bits per heavy atom. The lowest BCUT2D eigenvalue weighted by Gasteiger charge is -2.32. The van der Waals surface area contributed by atoms with E-state index in [0.717, 1.165) is 34.5 Å². The lowest BCUT2D eigenvalue weighted by Crippen LogP contribution is -2.52. The largest absolute Gasteiger partial charge is 0.494 e. The molecule has 1 atom stereocenters. The predicted octanol–water partition coefficient (Wildman–Crippen LogP) is 6.17. The van der Waals surface area contributed by atoms with Crippen molar-refractivity contribution in [2.24, 2.45) is 0 Å². The van der Waals surface area contributed by atoms with E-state index >= 15 is 0 Å². The number of ether oxygens (including phenoxy) is 1. The summed E-state index contributed by atoms with van der Waals surface area (Å²) in [6.07, 6.45) is 3.89. The minimum Gasteiger partial charge on any atom is -0.494 e. The topological polar surface area (TPSA) is 96.0 Å². The van der Waals surface area contributed by atoms with E-state index in [1.54, 1.807) is 67.6 Å². The molecule has 1 aliphatic carbocycles. The molecule has 1 unspecified atom stereocenters. The maximum Gasteiger partial charge on any atom is 0.264 e. The van der Waals surface area contributed by atoms with E-state index in [-0.39, 0.29) is 29.1 Å². The Morgan fingerprint density at radius 1 is 1.02 bits per heavy atom. The lowest BCUT2D eigenvalue weighted by atomic mass is 10.1. The van der Waals surface area contributed by atoms with E-state index in [9.17, 15) is 18.0 Å². The maximum atomic E-state index is 14.1. The van der Waals surface area contributed by atoms with Crippen molar-refractivity contribution in [2.75, 3.05) is 17.5 Å². The highest BCUT2D eigenvalue weighted by atomic mass is 79.9. The number of sulfonamides is 1. The molecule has 8 nitrogen and oxygen atoms in total. The van der Waals surface area contributed by atoms with E-state index in [0.29, 0.717) is 22.9 Å². The Hall–Kier alpha value is -3.08. The molecule has 0 spiro atoms. The van der Waals surface area contributed by atoms with Crippen molar-refractivity contribution >= 4 is 55.1 Å². The van der Waals surface area contributed by atoms with Gasteiger partial charge in [0.05, 0.1) is 17.2 Å². The van der Waals surface area contributed by atoms with E-state index < -0.39 is 28.5 Å². The number of carbonyl (C=O) groups excluding carboxylic acids is 2. The number of hydrogen-bond donors (Lipinski definition) is 1. The highest BCUT2D eigenvalue weighted by Gasteiger charge is 2.33. The standard InChI is InChI=1S/C31H35BrClN3O5S/c1-3-41-27-16-14-26(15-17-27)36(42(39,40)28-18-12-24(32)13-19-28)21-30(37)35(20-23-8-4-7-11-29(23)33)22(2)31(38)34-25-9-5-6-10-25/h4,7-8,11-19,22,25H,3,5-6,9-10,20-21H2,1-2H3,(H,34,38). The minimum atomic E-state index is -4.17. The van der Waals surface area contributed by atoms with E-state index in [2.05, 4.69) is 21.2 Å². The first-order valence-corrected chi connectivity index (χ1v) is 16.6.